The van der Waals surface area contributed by atoms with Crippen LogP contribution in [0.1, 0.15) is 95.1 Å². The number of allylic oxidation sites excluding steroid dienone is 3. The van der Waals surface area contributed by atoms with Gasteiger partial charge in [-0.3, -0.25) is 28.2 Å². The number of hydrogen-bond acceptors (Lipinski definition) is 22. The van der Waals surface area contributed by atoms with Gasteiger partial charge < -0.3 is 64.8 Å². The number of amides is 1. The summed E-state index contributed by atoms with van der Waals surface area (Å²) >= 11 is 0. The van der Waals surface area contributed by atoms with Crippen LogP contribution in [0.2, 0.25) is 0 Å². The van der Waals surface area contributed by atoms with Crippen molar-refractivity contribution in [3.63, 3.8) is 0 Å². The SMILES string of the molecule is CC[N+](CC)=c1ccc2c(/C=C/C=C3\N(CCCS(=O)(=O)[O-])c4ccc(S(=O)(=O)O)cc4C3(C)CCCC(=O)NCCCCCCNc3nc4c(=O)[nH]c(N)nc4n3[C@@H]3O[C@H](COP(=O)(O)OP(=O)(O)OP(=O)(O)O)[C@@H](O)[C@H]3O)c(C)c(-c3ccccc3)oc-2c1. The standard InChI is InChI=1S/C55H72N9O22P3S2/c1-5-62(6-2)36-22-24-39-38(34(3)49(83-42(39)31-36)35-17-10-9-11-18-35)19-14-20-44-55(4,40-32-37(91(79,80)81)23-25-41(40)63(44)29-16-30-90(76,77)78)26-15-21-45(65)57-27-12-7-8-13-28-58-54-59-46-50(60-53(56)61-51(46)68)64(54)52-48(67)47(66)43(84-52)33-82-88(72,73)86-89(74,75)85-87(69,70)71/h9-11,14,17-20,22-25,31-32,43,47-48,52,66-67H,5-8,12-13,15-16,21,26-30,33H2,1-4H3,(H10-,56,57,58,59,60,61,65,68,69,70,71,72,73,74,75,76,77,78,79,80,81)/t43-,47-,48-,52-,55?/m1/s1. The predicted octanol–water partition coefficient (Wildman–Crippen LogP) is 4.97. The fraction of sp³-hybridized carbons (Fsp3) is 0.436. The number of aromatic nitrogens is 4. The van der Waals surface area contributed by atoms with E-state index in [0.29, 0.717) is 60.7 Å². The van der Waals surface area contributed by atoms with Crippen LogP contribution in [0, 0.1) is 6.92 Å². The van der Waals surface area contributed by atoms with Crippen molar-refractivity contribution < 1.29 is 96.5 Å². The third-order valence-electron chi connectivity index (χ3n) is 15.4. The normalized spacial score (nSPS) is 20.6. The molecule has 1 amide bonds. The summed E-state index contributed by atoms with van der Waals surface area (Å²) in [5, 5.41) is 28.9. The number of aromatic amines is 1. The van der Waals surface area contributed by atoms with Crippen molar-refractivity contribution in [2.24, 2.45) is 0 Å². The summed E-state index contributed by atoms with van der Waals surface area (Å²) in [7, 11) is -26.6. The summed E-state index contributed by atoms with van der Waals surface area (Å²) in [6, 6.07) is 19.9. The van der Waals surface area contributed by atoms with Gasteiger partial charge in [0, 0.05) is 71.4 Å². The summed E-state index contributed by atoms with van der Waals surface area (Å²) < 4.78 is 134. The molecule has 0 spiro atoms. The number of hydrogen-bond donors (Lipinski definition) is 11. The average molecular weight is 1370 g/mol. The second-order valence-corrected chi connectivity index (χ2v) is 29.1. The van der Waals surface area contributed by atoms with Gasteiger partial charge in [0.05, 0.1) is 27.7 Å². The molecule has 0 radical (unpaired) electrons. The number of H-pyrrole nitrogens is 1. The number of phosphoric ester groups is 1. The number of rotatable bonds is 30. The van der Waals surface area contributed by atoms with Crippen molar-refractivity contribution in [3.05, 3.63) is 117 Å². The van der Waals surface area contributed by atoms with Crippen LogP contribution in [0.25, 0.3) is 39.9 Å². The van der Waals surface area contributed by atoms with Crippen molar-refractivity contribution in [2.45, 2.75) is 114 Å². The minimum Gasteiger partial charge on any atom is -0.748 e. The molecule has 3 aliphatic heterocycles. The molecule has 7 atom stereocenters. The first-order valence-electron chi connectivity index (χ1n) is 28.7. The molecule has 2 aromatic heterocycles. The Labute approximate surface area is 522 Å². The highest BCUT2D eigenvalue weighted by Gasteiger charge is 2.48. The number of benzene rings is 3. The average Bonchev–Trinajstić information content (AvgIpc) is 1.62. The Bertz CT molecular complexity index is 4210. The number of ether oxygens (including phenoxy) is 1. The van der Waals surface area contributed by atoms with Crippen LogP contribution in [0.15, 0.2) is 98.7 Å². The van der Waals surface area contributed by atoms with Crippen molar-refractivity contribution in [1.29, 1.82) is 0 Å². The molecule has 5 heterocycles. The zero-order chi connectivity index (χ0) is 66.4. The smallest absolute Gasteiger partial charge is 0.490 e. The van der Waals surface area contributed by atoms with E-state index in [2.05, 4.69) is 57.2 Å². The Morgan fingerprint density at radius 1 is 0.912 bits per heavy atom. The van der Waals surface area contributed by atoms with E-state index >= 15 is 0 Å². The lowest BCUT2D eigenvalue weighted by molar-refractivity contribution is -0.121. The summed E-state index contributed by atoms with van der Waals surface area (Å²) in [4.78, 5) is 75.6. The molecule has 3 unspecified atom stereocenters. The Morgan fingerprint density at radius 2 is 1.62 bits per heavy atom. The lowest BCUT2D eigenvalue weighted by Gasteiger charge is -2.30. The number of anilines is 3. The summed E-state index contributed by atoms with van der Waals surface area (Å²) in [6.07, 6.45) is 1.37. The molecule has 1 saturated heterocycles. The second-order valence-electron chi connectivity index (χ2n) is 21.8. The third kappa shape index (κ3) is 17.5. The zero-order valence-electron chi connectivity index (χ0n) is 49.7. The molecular formula is C55H72N9O22P3S2. The number of nitrogens with zero attached hydrogens (tertiary/aromatic N) is 5. The molecule has 8 rings (SSSR count). The van der Waals surface area contributed by atoms with E-state index in [1.165, 1.54) is 18.2 Å². The maximum atomic E-state index is 13.5. The number of phosphoric acid groups is 3. The van der Waals surface area contributed by atoms with Gasteiger partial charge in [-0.1, -0.05) is 55.3 Å². The van der Waals surface area contributed by atoms with Crippen LogP contribution < -0.4 is 36.8 Å². The lowest BCUT2D eigenvalue weighted by Crippen LogP contribution is -2.34. The molecule has 2 aromatic carbocycles. The number of imidazole rings is 1. The quantitative estimate of drug-likeness (QED) is 0.0123. The van der Waals surface area contributed by atoms with Gasteiger partial charge in [-0.05, 0) is 101 Å². The van der Waals surface area contributed by atoms with Gasteiger partial charge in [0.1, 0.15) is 42.9 Å². The first-order valence-corrected chi connectivity index (χ1v) is 36.3. The van der Waals surface area contributed by atoms with Crippen molar-refractivity contribution in [3.8, 4) is 22.6 Å². The van der Waals surface area contributed by atoms with Gasteiger partial charge in [-0.2, -0.15) is 22.0 Å². The van der Waals surface area contributed by atoms with Crippen LogP contribution in [-0.4, -0.2) is 145 Å². The summed E-state index contributed by atoms with van der Waals surface area (Å²) in [5.74, 6) is -0.0825. The lowest BCUT2D eigenvalue weighted by atomic mass is 9.77. The largest absolute Gasteiger partial charge is 0.748 e. The van der Waals surface area contributed by atoms with Crippen LogP contribution >= 0.6 is 23.5 Å². The van der Waals surface area contributed by atoms with Crippen molar-refractivity contribution in [1.82, 2.24) is 29.4 Å². The Kier molecular flexibility index (Phi) is 22.4. The Hall–Kier alpha value is -6.32. The molecule has 4 aliphatic rings. The number of carbonyl (C=O) groups excluding carboxylic acids is 1. The minimum atomic E-state index is -5.88. The van der Waals surface area contributed by atoms with Crippen LogP contribution in [0.5, 0.6) is 0 Å². The van der Waals surface area contributed by atoms with E-state index in [4.69, 9.17) is 24.7 Å². The van der Waals surface area contributed by atoms with E-state index in [9.17, 15) is 69.2 Å². The summed E-state index contributed by atoms with van der Waals surface area (Å²) in [6.45, 7) is 8.98. The molecule has 1 aliphatic carbocycles. The minimum absolute atomic E-state index is 0.0482. The maximum Gasteiger partial charge on any atom is 0.490 e. The third-order valence-corrected chi connectivity index (χ3v) is 20.9. The number of fused-ring (bicyclic) bond motifs is 3. The first kappa shape index (κ1) is 70.5. The molecule has 0 saturated carbocycles. The highest BCUT2D eigenvalue weighted by Crippen LogP contribution is 2.66. The van der Waals surface area contributed by atoms with Gasteiger partial charge >= 0.3 is 23.5 Å². The molecule has 12 N–H and O–H groups in total. The van der Waals surface area contributed by atoms with E-state index in [1.54, 1.807) is 0 Å². The van der Waals surface area contributed by atoms with Crippen LogP contribution in [0.4, 0.5) is 17.6 Å². The topological polar surface area (TPSA) is 471 Å². The van der Waals surface area contributed by atoms with E-state index in [0.717, 1.165) is 45.3 Å². The number of carbonyl (C=O) groups is 1. The highest BCUT2D eigenvalue weighted by atomic mass is 32.2. The molecule has 1 fully saturated rings. The van der Waals surface area contributed by atoms with Crippen LogP contribution in [-0.2, 0) is 62.0 Å². The zero-order valence-corrected chi connectivity index (χ0v) is 54.0. The molecule has 91 heavy (non-hydrogen) atoms. The first-order chi connectivity index (χ1) is 42.7. The monoisotopic (exact) mass is 1370 g/mol. The number of unbranched alkanes of at least 4 members (excludes halogenated alkanes) is 3. The number of nitrogens with one attached hydrogen (secondary N) is 3. The van der Waals surface area contributed by atoms with Crippen molar-refractivity contribution in [2.75, 3.05) is 61.0 Å². The maximum absolute atomic E-state index is 13.5. The Morgan fingerprint density at radius 3 is 2.29 bits per heavy atom. The number of nitrogens with two attached hydrogens (primary N) is 1. The van der Waals surface area contributed by atoms with Crippen molar-refractivity contribution >= 4 is 84.4 Å². The number of nitrogen functional groups attached to an aromatic ring is 1. The second kappa shape index (κ2) is 28.9. The molecule has 4 aromatic rings. The molecule has 496 valence electrons. The molecule has 0 bridgehead atoms. The van der Waals surface area contributed by atoms with Gasteiger partial charge in [0.25, 0.3) is 15.7 Å². The molecule has 36 heteroatoms. The van der Waals surface area contributed by atoms with E-state index < -0.39 is 91.6 Å². The van der Waals surface area contributed by atoms with E-state index in [-0.39, 0.29) is 72.6 Å². The Balaban J connectivity index is 0.929. The van der Waals surface area contributed by atoms with Gasteiger partial charge in [-0.15, -0.1) is 0 Å². The van der Waals surface area contributed by atoms with E-state index in [1.807, 2.05) is 85.5 Å². The van der Waals surface area contributed by atoms with Gasteiger partial charge in [0.2, 0.25) is 23.2 Å². The molecular weight excluding hydrogens is 1300 g/mol. The highest BCUT2D eigenvalue weighted by molar-refractivity contribution is 7.86. The van der Waals surface area contributed by atoms with Gasteiger partial charge in [0.15, 0.2) is 17.4 Å². The number of aliphatic hydroxyl groups is 2. The predicted molar refractivity (Wildman–Crippen MR) is 331 cm³/mol. The molecule has 31 nitrogen and oxygen atoms in total. The summed E-state index contributed by atoms with van der Waals surface area (Å²) in [5.41, 5.74) is 8.55. The van der Waals surface area contributed by atoms with Gasteiger partial charge in [-0.25, -0.2) is 31.7 Å². The fourth-order valence-corrected chi connectivity index (χ4v) is 15.2. The van der Waals surface area contributed by atoms with Crippen LogP contribution in [0.3, 0.4) is 0 Å². The number of aliphatic hydroxyl groups excluding tert-OH is 2. The fourth-order valence-electron chi connectivity index (χ4n) is 11.2.